The third kappa shape index (κ3) is 3.01. The van der Waals surface area contributed by atoms with Crippen molar-refractivity contribution in [2.24, 2.45) is 0 Å². The number of halogens is 1. The van der Waals surface area contributed by atoms with Gasteiger partial charge >= 0.3 is 0 Å². The van der Waals surface area contributed by atoms with Crippen molar-refractivity contribution >= 4 is 23.3 Å². The molecule has 0 aliphatic heterocycles. The number of aryl methyl sites for hydroxylation is 1. The monoisotopic (exact) mass is 247 g/mol. The Morgan fingerprint density at radius 1 is 1.24 bits per heavy atom. The molecule has 0 spiro atoms. The average molecular weight is 248 g/mol. The van der Waals surface area contributed by atoms with Gasteiger partial charge in [-0.25, -0.2) is 4.98 Å². The first-order valence-electron chi connectivity index (χ1n) is 5.01. The molecule has 0 saturated heterocycles. The molecule has 5 heteroatoms. The topological polar surface area (TPSA) is 54.9 Å². The summed E-state index contributed by atoms with van der Waals surface area (Å²) in [5, 5.41) is 3.13. The molecule has 4 nitrogen and oxygen atoms in total. The van der Waals surface area contributed by atoms with Gasteiger partial charge in [-0.15, -0.1) is 0 Å². The van der Waals surface area contributed by atoms with E-state index in [0.29, 0.717) is 10.8 Å². The number of carbonyl (C=O) groups is 1. The predicted molar refractivity (Wildman–Crippen MR) is 66.2 cm³/mol. The highest BCUT2D eigenvalue weighted by atomic mass is 35.5. The molecule has 0 fully saturated rings. The first-order chi connectivity index (χ1) is 8.15. The van der Waals surface area contributed by atoms with Gasteiger partial charge in [-0.1, -0.05) is 11.6 Å². The van der Waals surface area contributed by atoms with E-state index < -0.39 is 0 Å². The second-order valence-corrected chi connectivity index (χ2v) is 3.97. The highest BCUT2D eigenvalue weighted by Gasteiger charge is 2.08. The van der Waals surface area contributed by atoms with Crippen molar-refractivity contribution in [3.05, 3.63) is 52.9 Å². The summed E-state index contributed by atoms with van der Waals surface area (Å²) in [4.78, 5) is 19.8. The Kier molecular flexibility index (Phi) is 3.35. The Morgan fingerprint density at radius 2 is 2.00 bits per heavy atom. The van der Waals surface area contributed by atoms with Crippen LogP contribution < -0.4 is 5.32 Å². The first-order valence-corrected chi connectivity index (χ1v) is 5.38. The molecular formula is C12H10ClN3O. The summed E-state index contributed by atoms with van der Waals surface area (Å²) >= 11 is 5.78. The summed E-state index contributed by atoms with van der Waals surface area (Å²) in [5.41, 5.74) is 1.29. The van der Waals surface area contributed by atoms with Crippen molar-refractivity contribution in [1.82, 2.24) is 9.97 Å². The molecule has 0 saturated carbocycles. The molecule has 0 aromatic carbocycles. The van der Waals surface area contributed by atoms with Crippen LogP contribution in [0.1, 0.15) is 16.1 Å². The largest absolute Gasteiger partial charge is 0.305 e. The molecule has 86 valence electrons. The van der Waals surface area contributed by atoms with Gasteiger partial charge in [-0.05, 0) is 36.8 Å². The van der Waals surface area contributed by atoms with Crippen molar-refractivity contribution in [3.8, 4) is 0 Å². The Bertz CT molecular complexity index is 557. The van der Waals surface area contributed by atoms with Gasteiger partial charge in [0.25, 0.3) is 5.91 Å². The van der Waals surface area contributed by atoms with E-state index in [1.54, 1.807) is 18.3 Å². The molecule has 0 radical (unpaired) electrons. The molecule has 2 aromatic heterocycles. The summed E-state index contributed by atoms with van der Waals surface area (Å²) in [7, 11) is 0. The molecule has 0 aliphatic carbocycles. The standard InChI is InChI=1S/C12H10ClN3O/c1-8-2-4-15-11(6-8)16-12(17)10-7-9(13)3-5-14-10/h2-7H,1H3,(H,15,16,17). The number of rotatable bonds is 2. The van der Waals surface area contributed by atoms with Crippen molar-refractivity contribution in [2.45, 2.75) is 6.92 Å². The molecule has 1 N–H and O–H groups in total. The van der Waals surface area contributed by atoms with Crippen molar-refractivity contribution in [3.63, 3.8) is 0 Å². The normalized spacial score (nSPS) is 10.0. The smallest absolute Gasteiger partial charge is 0.275 e. The molecule has 2 heterocycles. The number of nitrogens with zero attached hydrogens (tertiary/aromatic N) is 2. The molecular weight excluding hydrogens is 238 g/mol. The molecule has 0 bridgehead atoms. The summed E-state index contributed by atoms with van der Waals surface area (Å²) < 4.78 is 0. The SMILES string of the molecule is Cc1ccnc(NC(=O)c2cc(Cl)ccn2)c1. The van der Waals surface area contributed by atoms with Crippen LogP contribution >= 0.6 is 11.6 Å². The lowest BCUT2D eigenvalue weighted by Gasteiger charge is -2.04. The number of amides is 1. The third-order valence-electron chi connectivity index (χ3n) is 2.11. The van der Waals surface area contributed by atoms with Gasteiger partial charge in [0, 0.05) is 17.4 Å². The van der Waals surface area contributed by atoms with E-state index in [-0.39, 0.29) is 11.6 Å². The maximum Gasteiger partial charge on any atom is 0.275 e. The highest BCUT2D eigenvalue weighted by molar-refractivity contribution is 6.30. The fraction of sp³-hybridized carbons (Fsp3) is 0.0833. The van der Waals surface area contributed by atoms with Gasteiger partial charge in [0.2, 0.25) is 0 Å². The summed E-state index contributed by atoms with van der Waals surface area (Å²) in [6.45, 7) is 1.93. The van der Waals surface area contributed by atoms with Crippen molar-refractivity contribution < 1.29 is 4.79 Å². The fourth-order valence-electron chi connectivity index (χ4n) is 1.31. The lowest BCUT2D eigenvalue weighted by molar-refractivity contribution is 0.102. The Balaban J connectivity index is 2.17. The summed E-state index contributed by atoms with van der Waals surface area (Å²) in [6, 6.07) is 6.76. The highest BCUT2D eigenvalue weighted by Crippen LogP contribution is 2.10. The van der Waals surface area contributed by atoms with E-state index in [1.165, 1.54) is 12.3 Å². The van der Waals surface area contributed by atoms with E-state index in [0.717, 1.165) is 5.56 Å². The predicted octanol–water partition coefficient (Wildman–Crippen LogP) is 2.69. The Hall–Kier alpha value is -1.94. The average Bonchev–Trinajstić information content (AvgIpc) is 2.29. The molecule has 1 amide bonds. The second-order valence-electron chi connectivity index (χ2n) is 3.53. The van der Waals surface area contributed by atoms with Crippen LogP contribution in [-0.2, 0) is 0 Å². The Morgan fingerprint density at radius 3 is 2.71 bits per heavy atom. The van der Waals surface area contributed by atoms with E-state index in [1.807, 2.05) is 13.0 Å². The van der Waals surface area contributed by atoms with Crippen LogP contribution in [0.4, 0.5) is 5.82 Å². The summed E-state index contributed by atoms with van der Waals surface area (Å²) in [6.07, 6.45) is 3.12. The van der Waals surface area contributed by atoms with Crippen LogP contribution in [0.25, 0.3) is 0 Å². The summed E-state index contributed by atoms with van der Waals surface area (Å²) in [5.74, 6) is 0.169. The third-order valence-corrected chi connectivity index (χ3v) is 2.35. The first kappa shape index (κ1) is 11.5. The zero-order valence-corrected chi connectivity index (χ0v) is 9.90. The van der Waals surface area contributed by atoms with Crippen molar-refractivity contribution in [1.29, 1.82) is 0 Å². The van der Waals surface area contributed by atoms with Crippen LogP contribution in [0.5, 0.6) is 0 Å². The molecule has 0 aliphatic rings. The number of anilines is 1. The number of aromatic nitrogens is 2. The number of pyridine rings is 2. The maximum atomic E-state index is 11.8. The van der Waals surface area contributed by atoms with E-state index in [9.17, 15) is 4.79 Å². The second kappa shape index (κ2) is 4.93. The quantitative estimate of drug-likeness (QED) is 0.888. The van der Waals surface area contributed by atoms with Crippen LogP contribution in [0, 0.1) is 6.92 Å². The van der Waals surface area contributed by atoms with Gasteiger partial charge in [-0.3, -0.25) is 9.78 Å². The van der Waals surface area contributed by atoms with E-state index in [4.69, 9.17) is 11.6 Å². The number of hydrogen-bond acceptors (Lipinski definition) is 3. The molecule has 0 atom stereocenters. The zero-order chi connectivity index (χ0) is 12.3. The van der Waals surface area contributed by atoms with E-state index >= 15 is 0 Å². The molecule has 2 aromatic rings. The van der Waals surface area contributed by atoms with Crippen LogP contribution in [-0.4, -0.2) is 15.9 Å². The van der Waals surface area contributed by atoms with Crippen LogP contribution in [0.2, 0.25) is 5.02 Å². The molecule has 0 unspecified atom stereocenters. The maximum absolute atomic E-state index is 11.8. The van der Waals surface area contributed by atoms with Gasteiger partial charge in [-0.2, -0.15) is 0 Å². The zero-order valence-electron chi connectivity index (χ0n) is 9.14. The number of carbonyl (C=O) groups excluding carboxylic acids is 1. The minimum Gasteiger partial charge on any atom is -0.305 e. The molecule has 2 rings (SSSR count). The Labute approximate surface area is 104 Å². The minimum absolute atomic E-state index is 0.265. The lowest BCUT2D eigenvalue weighted by Crippen LogP contribution is -2.14. The minimum atomic E-state index is -0.328. The number of hydrogen-bond donors (Lipinski definition) is 1. The van der Waals surface area contributed by atoms with Crippen LogP contribution in [0.15, 0.2) is 36.7 Å². The van der Waals surface area contributed by atoms with Gasteiger partial charge in [0.1, 0.15) is 11.5 Å². The van der Waals surface area contributed by atoms with Crippen molar-refractivity contribution in [2.75, 3.05) is 5.32 Å². The number of nitrogens with one attached hydrogen (secondary N) is 1. The van der Waals surface area contributed by atoms with Gasteiger partial charge < -0.3 is 5.32 Å². The molecule has 17 heavy (non-hydrogen) atoms. The van der Waals surface area contributed by atoms with Crippen LogP contribution in [0.3, 0.4) is 0 Å². The van der Waals surface area contributed by atoms with Gasteiger partial charge in [0.15, 0.2) is 0 Å². The fourth-order valence-corrected chi connectivity index (χ4v) is 1.47. The van der Waals surface area contributed by atoms with Gasteiger partial charge in [0.05, 0.1) is 0 Å². The lowest BCUT2D eigenvalue weighted by atomic mass is 10.3. The van der Waals surface area contributed by atoms with E-state index in [2.05, 4.69) is 15.3 Å².